The zero-order valence-electron chi connectivity index (χ0n) is 11.7. The van der Waals surface area contributed by atoms with Crippen molar-refractivity contribution in [3.63, 3.8) is 0 Å². The summed E-state index contributed by atoms with van der Waals surface area (Å²) in [4.78, 5) is 0. The molecule has 3 heteroatoms. The molecule has 0 amide bonds. The van der Waals surface area contributed by atoms with E-state index in [2.05, 4.69) is 24.4 Å². The number of nitrogens with one attached hydrogen (secondary N) is 1. The van der Waals surface area contributed by atoms with Crippen LogP contribution in [0.25, 0.3) is 0 Å². The van der Waals surface area contributed by atoms with Crippen LogP contribution >= 0.6 is 0 Å². The molecular weight excluding hydrogens is 238 g/mol. The largest absolute Gasteiger partial charge is 0.490 e. The van der Waals surface area contributed by atoms with E-state index in [9.17, 15) is 0 Å². The van der Waals surface area contributed by atoms with Crippen molar-refractivity contribution < 1.29 is 9.47 Å². The summed E-state index contributed by atoms with van der Waals surface area (Å²) >= 11 is 0. The number of anilines is 1. The number of benzene rings is 1. The van der Waals surface area contributed by atoms with Crippen LogP contribution in [0.3, 0.4) is 0 Å². The molecule has 1 N–H and O–H groups in total. The Morgan fingerprint density at radius 2 is 2.00 bits per heavy atom. The Balaban J connectivity index is 1.67. The van der Waals surface area contributed by atoms with E-state index in [1.54, 1.807) is 0 Å². The van der Waals surface area contributed by atoms with Crippen molar-refractivity contribution in [2.45, 2.75) is 45.1 Å². The Hall–Kier alpha value is -1.38. The van der Waals surface area contributed by atoms with Crippen LogP contribution in [0.5, 0.6) is 11.5 Å². The van der Waals surface area contributed by atoms with Crippen LogP contribution in [-0.4, -0.2) is 19.3 Å². The number of hydrogen-bond donors (Lipinski definition) is 1. The fourth-order valence-corrected chi connectivity index (χ4v) is 3.07. The van der Waals surface area contributed by atoms with Crippen LogP contribution < -0.4 is 14.8 Å². The van der Waals surface area contributed by atoms with Gasteiger partial charge in [-0.2, -0.15) is 0 Å². The molecule has 3 rings (SSSR count). The van der Waals surface area contributed by atoms with Crippen LogP contribution in [0.15, 0.2) is 18.2 Å². The normalized spacial score (nSPS) is 25.9. The van der Waals surface area contributed by atoms with Gasteiger partial charge in [0.05, 0.1) is 13.2 Å². The molecule has 19 heavy (non-hydrogen) atoms. The molecule has 1 aliphatic carbocycles. The van der Waals surface area contributed by atoms with Crippen molar-refractivity contribution in [3.8, 4) is 11.5 Å². The Bertz CT molecular complexity index is 433. The first kappa shape index (κ1) is 12.6. The van der Waals surface area contributed by atoms with E-state index in [0.717, 1.165) is 42.7 Å². The molecule has 1 aromatic carbocycles. The van der Waals surface area contributed by atoms with Crippen LogP contribution in [0.1, 0.15) is 39.0 Å². The van der Waals surface area contributed by atoms with Gasteiger partial charge in [-0.25, -0.2) is 0 Å². The van der Waals surface area contributed by atoms with Crippen molar-refractivity contribution in [1.29, 1.82) is 0 Å². The second-order valence-electron chi connectivity index (χ2n) is 5.64. The van der Waals surface area contributed by atoms with Gasteiger partial charge in [0, 0.05) is 24.2 Å². The second-order valence-corrected chi connectivity index (χ2v) is 5.64. The van der Waals surface area contributed by atoms with Crippen molar-refractivity contribution in [3.05, 3.63) is 18.2 Å². The van der Waals surface area contributed by atoms with E-state index in [0.29, 0.717) is 6.04 Å². The molecule has 2 aliphatic rings. The number of ether oxygens (including phenoxy) is 2. The topological polar surface area (TPSA) is 30.5 Å². The first-order valence-electron chi connectivity index (χ1n) is 7.51. The summed E-state index contributed by atoms with van der Waals surface area (Å²) < 4.78 is 11.4. The first-order chi connectivity index (χ1) is 9.35. The molecule has 1 aromatic rings. The zero-order chi connectivity index (χ0) is 13.1. The molecule has 1 heterocycles. The highest BCUT2D eigenvalue weighted by Gasteiger charge is 2.23. The van der Waals surface area contributed by atoms with Gasteiger partial charge in [-0.05, 0) is 37.3 Å². The fourth-order valence-electron chi connectivity index (χ4n) is 3.07. The Morgan fingerprint density at radius 1 is 1.16 bits per heavy atom. The molecule has 0 bridgehead atoms. The smallest absolute Gasteiger partial charge is 0.163 e. The molecule has 3 nitrogen and oxygen atoms in total. The fraction of sp³-hybridized carbons (Fsp3) is 0.625. The molecule has 0 aromatic heterocycles. The van der Waals surface area contributed by atoms with Crippen molar-refractivity contribution in [2.75, 3.05) is 18.5 Å². The van der Waals surface area contributed by atoms with Gasteiger partial charge < -0.3 is 14.8 Å². The lowest BCUT2D eigenvalue weighted by atomic mass is 10.1. The van der Waals surface area contributed by atoms with Crippen molar-refractivity contribution >= 4 is 5.69 Å². The van der Waals surface area contributed by atoms with Gasteiger partial charge in [0.2, 0.25) is 0 Å². The molecular formula is C16H23NO2. The molecule has 0 saturated heterocycles. The highest BCUT2D eigenvalue weighted by molar-refractivity contribution is 5.55. The maximum absolute atomic E-state index is 5.73. The number of hydrogen-bond acceptors (Lipinski definition) is 3. The summed E-state index contributed by atoms with van der Waals surface area (Å²) in [5.41, 5.74) is 1.16. The monoisotopic (exact) mass is 261 g/mol. The predicted molar refractivity (Wildman–Crippen MR) is 77.1 cm³/mol. The summed E-state index contributed by atoms with van der Waals surface area (Å²) in [5.74, 6) is 2.66. The molecule has 1 aliphatic heterocycles. The van der Waals surface area contributed by atoms with Crippen LogP contribution in [0.2, 0.25) is 0 Å². The lowest BCUT2D eigenvalue weighted by Crippen LogP contribution is -2.15. The molecule has 2 unspecified atom stereocenters. The quantitative estimate of drug-likeness (QED) is 0.896. The van der Waals surface area contributed by atoms with Crippen LogP contribution in [0, 0.1) is 5.92 Å². The minimum atomic E-state index is 0.620. The summed E-state index contributed by atoms with van der Waals surface area (Å²) in [5, 5.41) is 3.64. The predicted octanol–water partition coefficient (Wildman–Crippen LogP) is 3.84. The molecule has 0 spiro atoms. The molecule has 104 valence electrons. The Kier molecular flexibility index (Phi) is 3.81. The molecule has 1 saturated carbocycles. The third-order valence-corrected chi connectivity index (χ3v) is 4.24. The molecule has 0 radical (unpaired) electrons. The Labute approximate surface area is 115 Å². The van der Waals surface area contributed by atoms with Gasteiger partial charge in [-0.3, -0.25) is 0 Å². The summed E-state index contributed by atoms with van der Waals surface area (Å²) in [6.07, 6.45) is 6.20. The van der Waals surface area contributed by atoms with E-state index in [-0.39, 0.29) is 0 Å². The maximum Gasteiger partial charge on any atom is 0.163 e. The zero-order valence-corrected chi connectivity index (χ0v) is 11.7. The second kappa shape index (κ2) is 5.72. The molecule has 2 atom stereocenters. The van der Waals surface area contributed by atoms with E-state index in [1.165, 1.54) is 25.7 Å². The molecule has 1 fully saturated rings. The van der Waals surface area contributed by atoms with Gasteiger partial charge in [0.25, 0.3) is 0 Å². The van der Waals surface area contributed by atoms with E-state index in [4.69, 9.17) is 9.47 Å². The lowest BCUT2D eigenvalue weighted by Gasteiger charge is -2.16. The Morgan fingerprint density at radius 3 is 2.79 bits per heavy atom. The van der Waals surface area contributed by atoms with E-state index in [1.807, 2.05) is 6.07 Å². The number of rotatable bonds is 3. The summed E-state index contributed by atoms with van der Waals surface area (Å²) in [7, 11) is 0. The van der Waals surface area contributed by atoms with E-state index < -0.39 is 0 Å². The lowest BCUT2D eigenvalue weighted by molar-refractivity contribution is 0.297. The third-order valence-electron chi connectivity index (χ3n) is 4.24. The van der Waals surface area contributed by atoms with Gasteiger partial charge >= 0.3 is 0 Å². The highest BCUT2D eigenvalue weighted by Crippen LogP contribution is 2.35. The van der Waals surface area contributed by atoms with Gasteiger partial charge in [0.1, 0.15) is 0 Å². The third kappa shape index (κ3) is 2.96. The first-order valence-corrected chi connectivity index (χ1v) is 7.51. The van der Waals surface area contributed by atoms with Crippen molar-refractivity contribution in [2.24, 2.45) is 5.92 Å². The average Bonchev–Trinajstić information content (AvgIpc) is 2.75. The van der Waals surface area contributed by atoms with Crippen LogP contribution in [-0.2, 0) is 0 Å². The minimum absolute atomic E-state index is 0.620. The van der Waals surface area contributed by atoms with E-state index >= 15 is 0 Å². The summed E-state index contributed by atoms with van der Waals surface area (Å²) in [6, 6.07) is 6.83. The van der Waals surface area contributed by atoms with Gasteiger partial charge in [-0.1, -0.05) is 13.3 Å². The van der Waals surface area contributed by atoms with Crippen LogP contribution in [0.4, 0.5) is 5.69 Å². The van der Waals surface area contributed by atoms with Crippen molar-refractivity contribution in [1.82, 2.24) is 0 Å². The highest BCUT2D eigenvalue weighted by atomic mass is 16.5. The average molecular weight is 261 g/mol. The van der Waals surface area contributed by atoms with Gasteiger partial charge in [0.15, 0.2) is 11.5 Å². The van der Waals surface area contributed by atoms with Gasteiger partial charge in [-0.15, -0.1) is 0 Å². The SMILES string of the molecule is CCC1CCC(Nc2ccc3c(c2)OCCCO3)C1. The maximum atomic E-state index is 5.73. The minimum Gasteiger partial charge on any atom is -0.490 e. The summed E-state index contributed by atoms with van der Waals surface area (Å²) in [6.45, 7) is 3.79. The standard InChI is InChI=1S/C16H23NO2/c1-2-12-4-5-13(10-12)17-14-6-7-15-16(11-14)19-9-3-8-18-15/h6-7,11-13,17H,2-5,8-10H2,1H3. The number of fused-ring (bicyclic) bond motifs is 1.